The monoisotopic (exact) mass is 265 g/mol. The highest BCUT2D eigenvalue weighted by Crippen LogP contribution is 2.31. The van der Waals surface area contributed by atoms with Crippen molar-refractivity contribution in [3.8, 4) is 0 Å². The molecule has 1 aromatic rings. The van der Waals surface area contributed by atoms with Gasteiger partial charge in [-0.1, -0.05) is 43.7 Å². The van der Waals surface area contributed by atoms with Crippen molar-refractivity contribution in [3.63, 3.8) is 0 Å². The van der Waals surface area contributed by atoms with Gasteiger partial charge in [0.05, 0.1) is 6.10 Å². The topological polar surface area (TPSA) is 83.5 Å². The summed E-state index contributed by atoms with van der Waals surface area (Å²) < 4.78 is 0. The Hall–Kier alpha value is -1.39. The third kappa shape index (κ3) is 3.33. The van der Waals surface area contributed by atoms with E-state index in [1.807, 2.05) is 32.9 Å². The van der Waals surface area contributed by atoms with Crippen molar-refractivity contribution < 1.29 is 15.0 Å². The molecule has 1 aromatic carbocycles. The Morgan fingerprint density at radius 2 is 1.84 bits per heavy atom. The first kappa shape index (κ1) is 15.7. The Balaban J connectivity index is 3.19. The molecule has 2 atom stereocenters. The molecule has 0 spiro atoms. The van der Waals surface area contributed by atoms with Gasteiger partial charge in [0.15, 0.2) is 0 Å². The number of benzene rings is 1. The van der Waals surface area contributed by atoms with Crippen LogP contribution in [0.4, 0.5) is 0 Å². The van der Waals surface area contributed by atoms with Gasteiger partial charge in [0.1, 0.15) is 5.41 Å². The lowest BCUT2D eigenvalue weighted by atomic mass is 9.74. The van der Waals surface area contributed by atoms with Gasteiger partial charge in [-0.2, -0.15) is 0 Å². The Morgan fingerprint density at radius 1 is 1.32 bits per heavy atom. The van der Waals surface area contributed by atoms with Crippen LogP contribution in [0, 0.1) is 12.8 Å². The molecule has 4 nitrogen and oxygen atoms in total. The minimum atomic E-state index is -1.22. The quantitative estimate of drug-likeness (QED) is 0.730. The van der Waals surface area contributed by atoms with Crippen LogP contribution < -0.4 is 5.73 Å². The van der Waals surface area contributed by atoms with E-state index in [4.69, 9.17) is 5.73 Å². The van der Waals surface area contributed by atoms with E-state index < -0.39 is 17.5 Å². The summed E-state index contributed by atoms with van der Waals surface area (Å²) >= 11 is 0. The standard InChI is InChI=1S/C15H23NO3/c1-10(2)13(17)8-15(9-16,14(18)19)12-6-4-11(3)5-7-12/h4-7,10,13,17H,8-9,16H2,1-3H3,(H,18,19). The number of rotatable bonds is 6. The van der Waals surface area contributed by atoms with E-state index in [9.17, 15) is 15.0 Å². The number of carboxylic acids is 1. The molecule has 19 heavy (non-hydrogen) atoms. The largest absolute Gasteiger partial charge is 0.481 e. The van der Waals surface area contributed by atoms with E-state index in [0.29, 0.717) is 5.56 Å². The Bertz CT molecular complexity index is 428. The third-order valence-electron chi connectivity index (χ3n) is 3.69. The fraction of sp³-hybridized carbons (Fsp3) is 0.533. The molecule has 0 aromatic heterocycles. The van der Waals surface area contributed by atoms with Crippen LogP contribution in [-0.2, 0) is 10.2 Å². The summed E-state index contributed by atoms with van der Waals surface area (Å²) in [6.45, 7) is 5.64. The highest BCUT2D eigenvalue weighted by molar-refractivity contribution is 5.82. The normalized spacial score (nSPS) is 16.1. The van der Waals surface area contributed by atoms with E-state index in [0.717, 1.165) is 5.56 Å². The van der Waals surface area contributed by atoms with Gasteiger partial charge in [-0.25, -0.2) is 0 Å². The summed E-state index contributed by atoms with van der Waals surface area (Å²) in [6, 6.07) is 7.29. The van der Waals surface area contributed by atoms with Crippen molar-refractivity contribution in [1.29, 1.82) is 0 Å². The van der Waals surface area contributed by atoms with Crippen LogP contribution in [0.25, 0.3) is 0 Å². The second-order valence-corrected chi connectivity index (χ2v) is 5.47. The smallest absolute Gasteiger partial charge is 0.315 e. The van der Waals surface area contributed by atoms with Crippen molar-refractivity contribution in [2.75, 3.05) is 6.54 Å². The zero-order valence-electron chi connectivity index (χ0n) is 11.8. The lowest BCUT2D eigenvalue weighted by Crippen LogP contribution is -2.46. The van der Waals surface area contributed by atoms with Gasteiger partial charge >= 0.3 is 5.97 Å². The van der Waals surface area contributed by atoms with Crippen LogP contribution in [0.2, 0.25) is 0 Å². The molecular formula is C15H23NO3. The molecule has 2 unspecified atom stereocenters. The second kappa shape index (κ2) is 6.17. The maximum absolute atomic E-state index is 11.7. The third-order valence-corrected chi connectivity index (χ3v) is 3.69. The van der Waals surface area contributed by atoms with Crippen molar-refractivity contribution in [3.05, 3.63) is 35.4 Å². The molecule has 4 heteroatoms. The average molecular weight is 265 g/mol. The summed E-state index contributed by atoms with van der Waals surface area (Å²) in [6.07, 6.45) is -0.569. The highest BCUT2D eigenvalue weighted by Gasteiger charge is 2.41. The van der Waals surface area contributed by atoms with E-state index in [1.165, 1.54) is 0 Å². The Kier molecular flexibility index (Phi) is 5.09. The van der Waals surface area contributed by atoms with Crippen molar-refractivity contribution in [2.45, 2.75) is 38.7 Å². The first-order valence-electron chi connectivity index (χ1n) is 6.52. The van der Waals surface area contributed by atoms with Crippen LogP contribution in [0.1, 0.15) is 31.4 Å². The number of aliphatic hydroxyl groups is 1. The molecule has 0 saturated carbocycles. The molecule has 0 radical (unpaired) electrons. The van der Waals surface area contributed by atoms with E-state index in [1.54, 1.807) is 12.1 Å². The first-order chi connectivity index (χ1) is 8.83. The van der Waals surface area contributed by atoms with E-state index in [2.05, 4.69) is 0 Å². The lowest BCUT2D eigenvalue weighted by molar-refractivity contribution is -0.145. The number of aryl methyl sites for hydroxylation is 1. The number of aliphatic carboxylic acids is 1. The fourth-order valence-electron chi connectivity index (χ4n) is 2.08. The fourth-order valence-corrected chi connectivity index (χ4v) is 2.08. The summed E-state index contributed by atoms with van der Waals surface area (Å²) in [7, 11) is 0. The predicted molar refractivity (Wildman–Crippen MR) is 75.0 cm³/mol. The van der Waals surface area contributed by atoms with Crippen molar-refractivity contribution >= 4 is 5.97 Å². The van der Waals surface area contributed by atoms with Gasteiger partial charge in [0.25, 0.3) is 0 Å². The van der Waals surface area contributed by atoms with Gasteiger partial charge in [-0.3, -0.25) is 4.79 Å². The summed E-state index contributed by atoms with van der Waals surface area (Å²) in [4.78, 5) is 11.7. The maximum Gasteiger partial charge on any atom is 0.315 e. The molecule has 106 valence electrons. The number of hydrogen-bond donors (Lipinski definition) is 3. The van der Waals surface area contributed by atoms with E-state index >= 15 is 0 Å². The molecule has 0 aliphatic heterocycles. The molecule has 0 bridgehead atoms. The zero-order chi connectivity index (χ0) is 14.6. The Morgan fingerprint density at radius 3 is 2.21 bits per heavy atom. The van der Waals surface area contributed by atoms with Crippen molar-refractivity contribution in [2.24, 2.45) is 11.7 Å². The number of nitrogens with two attached hydrogens (primary N) is 1. The van der Waals surface area contributed by atoms with Crippen LogP contribution in [0.3, 0.4) is 0 Å². The number of hydrogen-bond acceptors (Lipinski definition) is 3. The minimum absolute atomic E-state index is 0.00396. The van der Waals surface area contributed by atoms with Crippen LogP contribution in [-0.4, -0.2) is 28.8 Å². The summed E-state index contributed by atoms with van der Waals surface area (Å²) in [5.41, 5.74) is 6.22. The maximum atomic E-state index is 11.7. The van der Waals surface area contributed by atoms with Gasteiger partial charge in [-0.15, -0.1) is 0 Å². The zero-order valence-corrected chi connectivity index (χ0v) is 11.8. The highest BCUT2D eigenvalue weighted by atomic mass is 16.4. The molecule has 0 heterocycles. The first-order valence-corrected chi connectivity index (χ1v) is 6.52. The van der Waals surface area contributed by atoms with Gasteiger partial charge in [0, 0.05) is 6.54 Å². The number of carboxylic acid groups (broad SMARTS) is 1. The van der Waals surface area contributed by atoms with Gasteiger partial charge in [-0.05, 0) is 24.8 Å². The number of carbonyl (C=O) groups is 1. The molecule has 1 rings (SSSR count). The molecular weight excluding hydrogens is 242 g/mol. The van der Waals surface area contributed by atoms with Crippen LogP contribution in [0.15, 0.2) is 24.3 Å². The SMILES string of the molecule is Cc1ccc(C(CN)(CC(O)C(C)C)C(=O)O)cc1. The lowest BCUT2D eigenvalue weighted by Gasteiger charge is -2.32. The van der Waals surface area contributed by atoms with Crippen LogP contribution >= 0.6 is 0 Å². The van der Waals surface area contributed by atoms with Gasteiger partial charge < -0.3 is 15.9 Å². The predicted octanol–water partition coefficient (Wildman–Crippen LogP) is 1.68. The molecule has 4 N–H and O–H groups in total. The summed E-state index contributed by atoms with van der Waals surface area (Å²) in [5.74, 6) is -0.991. The molecule has 0 saturated heterocycles. The number of aliphatic hydroxyl groups excluding tert-OH is 1. The summed E-state index contributed by atoms with van der Waals surface area (Å²) in [5, 5.41) is 19.6. The molecule has 0 aliphatic carbocycles. The molecule has 0 fully saturated rings. The van der Waals surface area contributed by atoms with Gasteiger partial charge in [0.2, 0.25) is 0 Å². The molecule has 0 aliphatic rings. The Labute approximate surface area is 114 Å². The van der Waals surface area contributed by atoms with E-state index in [-0.39, 0.29) is 18.9 Å². The van der Waals surface area contributed by atoms with Crippen LogP contribution in [0.5, 0.6) is 0 Å². The minimum Gasteiger partial charge on any atom is -0.481 e. The van der Waals surface area contributed by atoms with Crippen molar-refractivity contribution in [1.82, 2.24) is 0 Å². The molecule has 0 amide bonds. The second-order valence-electron chi connectivity index (χ2n) is 5.47. The average Bonchev–Trinajstić information content (AvgIpc) is 2.36.